The van der Waals surface area contributed by atoms with Gasteiger partial charge in [0.25, 0.3) is 0 Å². The summed E-state index contributed by atoms with van der Waals surface area (Å²) in [5.41, 5.74) is 1.20. The summed E-state index contributed by atoms with van der Waals surface area (Å²) in [7, 11) is 0. The molecule has 0 aromatic heterocycles. The van der Waals surface area contributed by atoms with Gasteiger partial charge in [0.2, 0.25) is 0 Å². The molecule has 1 heterocycles. The number of halogens is 2. The van der Waals surface area contributed by atoms with Crippen LogP contribution in [0, 0.1) is 0 Å². The van der Waals surface area contributed by atoms with E-state index >= 15 is 0 Å². The van der Waals surface area contributed by atoms with Crippen LogP contribution in [0.1, 0.15) is 13.8 Å². The number of rotatable bonds is 1. The van der Waals surface area contributed by atoms with Crippen molar-refractivity contribution in [2.24, 2.45) is 0 Å². The van der Waals surface area contributed by atoms with Gasteiger partial charge >= 0.3 is 0 Å². The first-order valence-corrected chi connectivity index (χ1v) is 6.70. The Kier molecular flexibility index (Phi) is 3.77. The summed E-state index contributed by atoms with van der Waals surface area (Å²) in [5, 5.41) is 4.25. The minimum absolute atomic E-state index is 0.508. The molecular weight excluding hydrogens is 288 g/mol. The summed E-state index contributed by atoms with van der Waals surface area (Å²) < 4.78 is 0.953. The van der Waals surface area contributed by atoms with Crippen molar-refractivity contribution in [3.05, 3.63) is 27.7 Å². The van der Waals surface area contributed by atoms with E-state index in [1.165, 1.54) is 5.69 Å². The number of benzene rings is 1. The van der Waals surface area contributed by atoms with Gasteiger partial charge in [-0.15, -0.1) is 0 Å². The van der Waals surface area contributed by atoms with E-state index in [0.717, 1.165) is 22.6 Å². The van der Waals surface area contributed by atoms with E-state index in [-0.39, 0.29) is 0 Å². The maximum atomic E-state index is 6.13. The fourth-order valence-corrected chi connectivity index (χ4v) is 2.47. The molecule has 0 radical (unpaired) electrons. The van der Waals surface area contributed by atoms with Gasteiger partial charge in [0.15, 0.2) is 0 Å². The molecule has 2 rings (SSSR count). The summed E-state index contributed by atoms with van der Waals surface area (Å²) in [4.78, 5) is 2.40. The summed E-state index contributed by atoms with van der Waals surface area (Å²) in [6.45, 7) is 6.49. The average Bonchev–Trinajstić information content (AvgIpc) is 2.26. The highest BCUT2D eigenvalue weighted by atomic mass is 79.9. The average molecular weight is 304 g/mol. The quantitative estimate of drug-likeness (QED) is 0.856. The zero-order valence-electron chi connectivity index (χ0n) is 9.50. The molecule has 2 atom stereocenters. The number of hydrogen-bond donors (Lipinski definition) is 1. The minimum Gasteiger partial charge on any atom is -0.366 e. The molecule has 1 aliphatic rings. The topological polar surface area (TPSA) is 15.3 Å². The second-order valence-electron chi connectivity index (χ2n) is 4.41. The van der Waals surface area contributed by atoms with Crippen molar-refractivity contribution in [2.75, 3.05) is 18.0 Å². The number of anilines is 1. The van der Waals surface area contributed by atoms with E-state index < -0.39 is 0 Å². The molecule has 4 heteroatoms. The molecule has 0 bridgehead atoms. The third-order valence-electron chi connectivity index (χ3n) is 3.00. The van der Waals surface area contributed by atoms with Crippen LogP contribution in [0.2, 0.25) is 5.02 Å². The Bertz CT molecular complexity index is 383. The molecule has 1 N–H and O–H groups in total. The van der Waals surface area contributed by atoms with Crippen molar-refractivity contribution < 1.29 is 0 Å². The van der Waals surface area contributed by atoms with Crippen LogP contribution in [0.4, 0.5) is 5.69 Å². The normalized spacial score (nSPS) is 25.9. The van der Waals surface area contributed by atoms with Crippen molar-refractivity contribution in [2.45, 2.75) is 25.9 Å². The third-order valence-corrected chi connectivity index (χ3v) is 4.23. The highest BCUT2D eigenvalue weighted by molar-refractivity contribution is 9.10. The predicted molar refractivity (Wildman–Crippen MR) is 73.4 cm³/mol. The number of nitrogens with one attached hydrogen (secondary N) is 1. The van der Waals surface area contributed by atoms with Gasteiger partial charge in [-0.05, 0) is 48.0 Å². The first-order valence-electron chi connectivity index (χ1n) is 5.53. The zero-order valence-corrected chi connectivity index (χ0v) is 11.8. The lowest BCUT2D eigenvalue weighted by molar-refractivity contribution is 0.425. The van der Waals surface area contributed by atoms with Gasteiger partial charge in [0, 0.05) is 35.3 Å². The molecule has 2 nitrogen and oxygen atoms in total. The van der Waals surface area contributed by atoms with E-state index in [9.17, 15) is 0 Å². The van der Waals surface area contributed by atoms with Gasteiger partial charge in [0.05, 0.1) is 5.02 Å². The molecule has 1 aliphatic heterocycles. The van der Waals surface area contributed by atoms with Crippen LogP contribution < -0.4 is 10.2 Å². The first-order chi connectivity index (χ1) is 7.58. The summed E-state index contributed by atoms with van der Waals surface area (Å²) in [6, 6.07) is 7.19. The Morgan fingerprint density at radius 3 is 2.88 bits per heavy atom. The van der Waals surface area contributed by atoms with Crippen LogP contribution >= 0.6 is 27.5 Å². The molecular formula is C12H16BrClN2. The fourth-order valence-electron chi connectivity index (χ4n) is 2.05. The summed E-state index contributed by atoms with van der Waals surface area (Å²) in [5.74, 6) is 0. The SMILES string of the molecule is CC1CN(c2ccc(Br)c(Cl)c2)C(C)CN1. The van der Waals surface area contributed by atoms with E-state index in [2.05, 4.69) is 46.1 Å². The van der Waals surface area contributed by atoms with Gasteiger partial charge in [-0.25, -0.2) is 0 Å². The standard InChI is InChI=1S/C12H16BrClN2/c1-8-7-16(9(2)6-15-8)10-3-4-11(13)12(14)5-10/h3-5,8-9,15H,6-7H2,1-2H3. The molecule has 2 unspecified atom stereocenters. The van der Waals surface area contributed by atoms with Crippen molar-refractivity contribution in [1.29, 1.82) is 0 Å². The third kappa shape index (κ3) is 2.53. The predicted octanol–water partition coefficient (Wildman–Crippen LogP) is 3.29. The molecule has 0 spiro atoms. The molecule has 1 aromatic rings. The molecule has 1 saturated heterocycles. The van der Waals surface area contributed by atoms with Gasteiger partial charge in [0.1, 0.15) is 0 Å². The van der Waals surface area contributed by atoms with E-state index in [4.69, 9.17) is 11.6 Å². The first kappa shape index (κ1) is 12.2. The minimum atomic E-state index is 0.508. The van der Waals surface area contributed by atoms with E-state index in [1.54, 1.807) is 0 Å². The second kappa shape index (κ2) is 4.94. The monoisotopic (exact) mass is 302 g/mol. The van der Waals surface area contributed by atoms with Crippen molar-refractivity contribution >= 4 is 33.2 Å². The number of piperazine rings is 1. The Balaban J connectivity index is 2.24. The Morgan fingerprint density at radius 1 is 1.44 bits per heavy atom. The van der Waals surface area contributed by atoms with Crippen LogP contribution in [0.3, 0.4) is 0 Å². The maximum absolute atomic E-state index is 6.13. The van der Waals surface area contributed by atoms with Crippen molar-refractivity contribution in [3.63, 3.8) is 0 Å². The van der Waals surface area contributed by atoms with Crippen LogP contribution in [0.15, 0.2) is 22.7 Å². The smallest absolute Gasteiger partial charge is 0.0568 e. The molecule has 1 aromatic carbocycles. The van der Waals surface area contributed by atoms with Crippen LogP contribution in [0.25, 0.3) is 0 Å². The molecule has 88 valence electrons. The lowest BCUT2D eigenvalue weighted by Gasteiger charge is -2.39. The number of nitrogens with zero attached hydrogens (tertiary/aromatic N) is 1. The van der Waals surface area contributed by atoms with Gasteiger partial charge in [-0.1, -0.05) is 11.6 Å². The zero-order chi connectivity index (χ0) is 11.7. The lowest BCUT2D eigenvalue weighted by atomic mass is 10.1. The molecule has 0 saturated carbocycles. The van der Waals surface area contributed by atoms with Gasteiger partial charge < -0.3 is 10.2 Å². The highest BCUT2D eigenvalue weighted by Gasteiger charge is 2.22. The molecule has 0 aliphatic carbocycles. The van der Waals surface area contributed by atoms with E-state index in [1.807, 2.05) is 12.1 Å². The second-order valence-corrected chi connectivity index (χ2v) is 5.67. The van der Waals surface area contributed by atoms with Crippen LogP contribution in [0.5, 0.6) is 0 Å². The number of hydrogen-bond acceptors (Lipinski definition) is 2. The molecule has 16 heavy (non-hydrogen) atoms. The Hall–Kier alpha value is -0.250. The Labute approximate surface area is 110 Å². The van der Waals surface area contributed by atoms with Crippen LogP contribution in [-0.2, 0) is 0 Å². The highest BCUT2D eigenvalue weighted by Crippen LogP contribution is 2.29. The lowest BCUT2D eigenvalue weighted by Crippen LogP contribution is -2.54. The molecule has 0 amide bonds. The van der Waals surface area contributed by atoms with E-state index in [0.29, 0.717) is 12.1 Å². The van der Waals surface area contributed by atoms with Crippen molar-refractivity contribution in [1.82, 2.24) is 5.32 Å². The fraction of sp³-hybridized carbons (Fsp3) is 0.500. The maximum Gasteiger partial charge on any atom is 0.0568 e. The van der Waals surface area contributed by atoms with Crippen molar-refractivity contribution in [3.8, 4) is 0 Å². The van der Waals surface area contributed by atoms with Gasteiger partial charge in [-0.2, -0.15) is 0 Å². The van der Waals surface area contributed by atoms with Crippen LogP contribution in [-0.4, -0.2) is 25.2 Å². The Morgan fingerprint density at radius 2 is 2.19 bits per heavy atom. The summed E-state index contributed by atoms with van der Waals surface area (Å²) >= 11 is 9.55. The van der Waals surface area contributed by atoms with Gasteiger partial charge in [-0.3, -0.25) is 0 Å². The largest absolute Gasteiger partial charge is 0.366 e. The molecule has 1 fully saturated rings. The summed E-state index contributed by atoms with van der Waals surface area (Å²) in [6.07, 6.45) is 0.